The normalized spacial score (nSPS) is 13.9. The van der Waals surface area contributed by atoms with E-state index in [1.165, 1.54) is 24.3 Å². The van der Waals surface area contributed by atoms with Crippen LogP contribution in [0.5, 0.6) is 5.75 Å². The molecule has 0 bridgehead atoms. The Labute approximate surface area is 225 Å². The monoisotopic (exact) mass is 551 g/mol. The minimum atomic E-state index is -1.42. The van der Waals surface area contributed by atoms with Crippen LogP contribution in [0.4, 0.5) is 0 Å². The van der Waals surface area contributed by atoms with Crippen molar-refractivity contribution in [1.29, 1.82) is 0 Å². The van der Waals surface area contributed by atoms with Crippen LogP contribution in [0.1, 0.15) is 51.5 Å². The molecular weight excluding hydrogens is 514 g/mol. The number of rotatable bonds is 17. The molecule has 216 valence electrons. The Bertz CT molecular complexity index is 1030. The van der Waals surface area contributed by atoms with Crippen molar-refractivity contribution in [3.63, 3.8) is 0 Å². The zero-order chi connectivity index (χ0) is 29.7. The van der Waals surface area contributed by atoms with Crippen molar-refractivity contribution >= 4 is 35.6 Å². The fourth-order valence-corrected chi connectivity index (χ4v) is 3.56. The number of carbonyl (C=O) groups is 6. The Kier molecular flexibility index (Phi) is 13.4. The molecule has 0 spiro atoms. The van der Waals surface area contributed by atoms with Gasteiger partial charge in [-0.15, -0.1) is 0 Å². The Morgan fingerprint density at radius 1 is 0.795 bits per heavy atom. The highest BCUT2D eigenvalue weighted by Crippen LogP contribution is 2.13. The summed E-state index contributed by atoms with van der Waals surface area (Å²) in [6.45, 7) is 3.57. The molecule has 14 heteroatoms. The van der Waals surface area contributed by atoms with Gasteiger partial charge in [-0.25, -0.2) is 4.79 Å². The lowest BCUT2D eigenvalue weighted by Crippen LogP contribution is -2.57. The summed E-state index contributed by atoms with van der Waals surface area (Å²) in [5.41, 5.74) is 11.4. The lowest BCUT2D eigenvalue weighted by atomic mass is 10.00. The number of carboxylic acids is 2. The first-order chi connectivity index (χ1) is 18.2. The van der Waals surface area contributed by atoms with Gasteiger partial charge in [0.05, 0.1) is 6.04 Å². The third-order valence-electron chi connectivity index (χ3n) is 5.65. The van der Waals surface area contributed by atoms with Crippen LogP contribution in [0, 0.1) is 5.92 Å². The molecule has 0 fully saturated rings. The van der Waals surface area contributed by atoms with Crippen molar-refractivity contribution in [2.24, 2.45) is 17.4 Å². The van der Waals surface area contributed by atoms with Crippen molar-refractivity contribution in [1.82, 2.24) is 16.0 Å². The van der Waals surface area contributed by atoms with E-state index in [2.05, 4.69) is 16.0 Å². The zero-order valence-corrected chi connectivity index (χ0v) is 21.9. The number of carboxylic acid groups (broad SMARTS) is 2. The molecule has 0 aliphatic heterocycles. The highest BCUT2D eigenvalue weighted by atomic mass is 16.4. The molecular formula is C25H37N5O9. The maximum Gasteiger partial charge on any atom is 0.326 e. The molecule has 0 radical (unpaired) electrons. The molecule has 4 unspecified atom stereocenters. The predicted molar refractivity (Wildman–Crippen MR) is 138 cm³/mol. The first-order valence-corrected chi connectivity index (χ1v) is 12.4. The number of nitrogens with one attached hydrogen (secondary N) is 3. The number of amides is 4. The molecule has 39 heavy (non-hydrogen) atoms. The second kappa shape index (κ2) is 15.9. The third-order valence-corrected chi connectivity index (χ3v) is 5.65. The lowest BCUT2D eigenvalue weighted by Gasteiger charge is -2.26. The molecule has 4 amide bonds. The Morgan fingerprint density at radius 2 is 1.33 bits per heavy atom. The van der Waals surface area contributed by atoms with E-state index in [4.69, 9.17) is 16.6 Å². The number of hydrogen-bond acceptors (Lipinski definition) is 8. The quantitative estimate of drug-likeness (QED) is 0.117. The van der Waals surface area contributed by atoms with Gasteiger partial charge in [0.2, 0.25) is 23.6 Å². The molecule has 0 saturated carbocycles. The first-order valence-electron chi connectivity index (χ1n) is 12.4. The number of hydrogen-bond donors (Lipinski definition) is 8. The molecule has 1 rings (SSSR count). The summed E-state index contributed by atoms with van der Waals surface area (Å²) in [7, 11) is 0. The van der Waals surface area contributed by atoms with Crippen LogP contribution in [0.15, 0.2) is 24.3 Å². The van der Waals surface area contributed by atoms with Gasteiger partial charge in [0.15, 0.2) is 0 Å². The molecule has 1 aromatic rings. The highest BCUT2D eigenvalue weighted by molar-refractivity contribution is 5.94. The van der Waals surface area contributed by atoms with E-state index >= 15 is 0 Å². The van der Waals surface area contributed by atoms with E-state index in [0.717, 1.165) is 0 Å². The molecule has 0 aliphatic rings. The summed E-state index contributed by atoms with van der Waals surface area (Å²) in [4.78, 5) is 72.4. The number of carbonyl (C=O) groups excluding carboxylic acids is 4. The summed E-state index contributed by atoms with van der Waals surface area (Å²) in [5.74, 6) is -5.74. The van der Waals surface area contributed by atoms with Crippen molar-refractivity contribution in [2.45, 2.75) is 76.5 Å². The molecule has 10 N–H and O–H groups in total. The van der Waals surface area contributed by atoms with Crippen LogP contribution in [0.3, 0.4) is 0 Å². The number of nitrogens with two attached hydrogens (primary N) is 2. The minimum absolute atomic E-state index is 0.0162. The van der Waals surface area contributed by atoms with Crippen molar-refractivity contribution in [3.8, 4) is 5.75 Å². The summed E-state index contributed by atoms with van der Waals surface area (Å²) in [5, 5.41) is 35.1. The smallest absolute Gasteiger partial charge is 0.326 e. The van der Waals surface area contributed by atoms with E-state index < -0.39 is 59.7 Å². The van der Waals surface area contributed by atoms with Gasteiger partial charge in [-0.2, -0.15) is 0 Å². The van der Waals surface area contributed by atoms with Gasteiger partial charge in [0, 0.05) is 19.3 Å². The number of aromatic hydroxyl groups is 1. The van der Waals surface area contributed by atoms with Gasteiger partial charge >= 0.3 is 11.9 Å². The van der Waals surface area contributed by atoms with Gasteiger partial charge in [0.25, 0.3) is 0 Å². The largest absolute Gasteiger partial charge is 0.508 e. The molecule has 1 aromatic carbocycles. The average molecular weight is 552 g/mol. The summed E-state index contributed by atoms with van der Waals surface area (Å²) >= 11 is 0. The van der Waals surface area contributed by atoms with Gasteiger partial charge in [-0.3, -0.25) is 24.0 Å². The maximum absolute atomic E-state index is 13.3. The average Bonchev–Trinajstić information content (AvgIpc) is 2.84. The topological polar surface area (TPSA) is 251 Å². The maximum atomic E-state index is 13.3. The van der Waals surface area contributed by atoms with E-state index in [1.807, 2.05) is 0 Å². The summed E-state index contributed by atoms with van der Waals surface area (Å²) < 4.78 is 0. The molecule has 0 saturated heterocycles. The summed E-state index contributed by atoms with van der Waals surface area (Å²) in [6.07, 6.45) is -0.989. The van der Waals surface area contributed by atoms with E-state index in [9.17, 15) is 39.0 Å². The van der Waals surface area contributed by atoms with E-state index in [0.29, 0.717) is 5.56 Å². The zero-order valence-electron chi connectivity index (χ0n) is 21.9. The fraction of sp³-hybridized carbons (Fsp3) is 0.520. The predicted octanol–water partition coefficient (Wildman–Crippen LogP) is -1.02. The SMILES string of the molecule is CC(C)CC(NC(=O)C(Cc1ccc(O)cc1)NC(=O)C(N)CCC(=O)O)C(=O)NC(CCC(N)=O)C(=O)O. The Hall–Kier alpha value is -4.20. The van der Waals surface area contributed by atoms with Crippen LogP contribution in [-0.4, -0.2) is 75.1 Å². The van der Waals surface area contributed by atoms with Crippen LogP contribution >= 0.6 is 0 Å². The van der Waals surface area contributed by atoms with Crippen LogP contribution in [-0.2, 0) is 35.2 Å². The van der Waals surface area contributed by atoms with Gasteiger partial charge in [0.1, 0.15) is 23.9 Å². The second-order valence-electron chi connectivity index (χ2n) is 9.57. The summed E-state index contributed by atoms with van der Waals surface area (Å²) in [6, 6.07) is 0.763. The number of primary amides is 1. The molecule has 0 aromatic heterocycles. The second-order valence-corrected chi connectivity index (χ2v) is 9.57. The third kappa shape index (κ3) is 12.7. The Morgan fingerprint density at radius 3 is 1.85 bits per heavy atom. The van der Waals surface area contributed by atoms with Crippen LogP contribution in [0.2, 0.25) is 0 Å². The number of benzene rings is 1. The van der Waals surface area contributed by atoms with Gasteiger partial charge < -0.3 is 42.7 Å². The van der Waals surface area contributed by atoms with Gasteiger partial charge in [-0.1, -0.05) is 26.0 Å². The number of phenolic OH excluding ortho intramolecular Hbond substituents is 1. The molecule has 14 nitrogen and oxygen atoms in total. The van der Waals surface area contributed by atoms with Crippen molar-refractivity contribution < 1.29 is 44.1 Å². The Balaban J connectivity index is 3.13. The van der Waals surface area contributed by atoms with Crippen LogP contribution < -0.4 is 27.4 Å². The van der Waals surface area contributed by atoms with Gasteiger partial charge in [-0.05, 0) is 42.9 Å². The minimum Gasteiger partial charge on any atom is -0.508 e. The first kappa shape index (κ1) is 32.8. The van der Waals surface area contributed by atoms with E-state index in [1.54, 1.807) is 13.8 Å². The molecule has 4 atom stereocenters. The molecule has 0 aliphatic carbocycles. The van der Waals surface area contributed by atoms with E-state index in [-0.39, 0.29) is 50.2 Å². The van der Waals surface area contributed by atoms with Crippen molar-refractivity contribution in [3.05, 3.63) is 29.8 Å². The number of aliphatic carboxylic acids is 2. The van der Waals surface area contributed by atoms with Crippen LogP contribution in [0.25, 0.3) is 0 Å². The lowest BCUT2D eigenvalue weighted by molar-refractivity contribution is -0.143. The van der Waals surface area contributed by atoms with Crippen molar-refractivity contribution in [2.75, 3.05) is 0 Å². The molecule has 0 heterocycles. The fourth-order valence-electron chi connectivity index (χ4n) is 3.56. The highest BCUT2D eigenvalue weighted by Gasteiger charge is 2.31. The number of phenols is 1. The standard InChI is InChI=1S/C25H37N5O9/c1-13(2)11-18(23(36)28-17(25(38)39)8-9-20(27)32)30-24(37)19(12-14-3-5-15(31)6-4-14)29-22(35)16(26)7-10-21(33)34/h3-6,13,16-19,31H,7-12,26H2,1-2H3,(H2,27,32)(H,28,36)(H,29,35)(H,30,37)(H,33,34)(H,38,39).